The zero-order valence-electron chi connectivity index (χ0n) is 75.0. The summed E-state index contributed by atoms with van der Waals surface area (Å²) in [7, 11) is 0.0237. The second-order valence-corrected chi connectivity index (χ2v) is 40.1. The number of hydrogen-bond donors (Lipinski definition) is 2. The van der Waals surface area contributed by atoms with Crippen molar-refractivity contribution in [3.8, 4) is 11.5 Å². The molecule has 10 aromatic carbocycles. The van der Waals surface area contributed by atoms with Gasteiger partial charge in [-0.25, -0.2) is 20.2 Å². The number of amidine groups is 2. The minimum Gasteiger partial charge on any atom is -0.497 e. The Balaban J connectivity index is -0.000000334. The summed E-state index contributed by atoms with van der Waals surface area (Å²) in [6, 6.07) is 79.1. The van der Waals surface area contributed by atoms with Crippen LogP contribution in [0.2, 0.25) is 0 Å². The Hall–Kier alpha value is -6.07. The van der Waals surface area contributed by atoms with Crippen LogP contribution < -0.4 is 40.9 Å². The summed E-state index contributed by atoms with van der Waals surface area (Å²) in [6.07, 6.45) is 6.12. The first-order valence-electron chi connectivity index (χ1n) is 36.4. The van der Waals surface area contributed by atoms with E-state index in [4.69, 9.17) is 29.4 Å². The second-order valence-electron chi connectivity index (χ2n) is 28.1. The molecule has 0 amide bonds. The summed E-state index contributed by atoms with van der Waals surface area (Å²) in [5.74, 6) is 3.77. The normalized spacial score (nSPS) is 10.5. The maximum absolute atomic E-state index is 5.33. The molecule has 0 aromatic heterocycles. The van der Waals surface area contributed by atoms with Crippen LogP contribution in [-0.4, -0.2) is 73.3 Å². The minimum absolute atomic E-state index is 0. The number of nitrogens with zero attached hydrogens (tertiary/aromatic N) is 4. The molecule has 8 nitrogen and oxygen atoms in total. The summed E-state index contributed by atoms with van der Waals surface area (Å²) in [4.78, 5) is 19.9. The molecule has 0 heterocycles. The Labute approximate surface area is 751 Å². The van der Waals surface area contributed by atoms with Crippen molar-refractivity contribution >= 4 is 100 Å². The van der Waals surface area contributed by atoms with Crippen molar-refractivity contribution in [3.63, 3.8) is 0 Å². The summed E-state index contributed by atoms with van der Waals surface area (Å²) < 4.78 is 10.7. The van der Waals surface area contributed by atoms with Crippen molar-refractivity contribution in [2.24, 2.45) is 20.0 Å². The van der Waals surface area contributed by atoms with Gasteiger partial charge in [-0.1, -0.05) is 168 Å². The average Bonchev–Trinajstić information content (AvgIpc) is 0.853. The molecule has 0 radical (unpaired) electrons. The molecule has 115 heavy (non-hydrogen) atoms. The Bertz CT molecular complexity index is 4220. The van der Waals surface area contributed by atoms with Crippen molar-refractivity contribution in [1.82, 2.24) is 10.2 Å². The van der Waals surface area contributed by atoms with E-state index in [9.17, 15) is 0 Å². The van der Waals surface area contributed by atoms with Crippen LogP contribution in [0.1, 0.15) is 128 Å². The van der Waals surface area contributed by atoms with Gasteiger partial charge in [-0.2, -0.15) is 0 Å². The topological polar surface area (TPSA) is 92.0 Å². The third-order valence-electron chi connectivity index (χ3n) is 18.1. The molecule has 16 heteroatoms. The molecule has 2 N–H and O–H groups in total. The third kappa shape index (κ3) is 37.4. The maximum atomic E-state index is 5.33. The fourth-order valence-electron chi connectivity index (χ4n) is 13.1. The van der Waals surface area contributed by atoms with Crippen molar-refractivity contribution in [1.29, 1.82) is 0 Å². The van der Waals surface area contributed by atoms with E-state index in [0.717, 1.165) is 69.4 Å². The Kier molecular flexibility index (Phi) is 63.8. The molecule has 0 unspecified atom stereocenters. The van der Waals surface area contributed by atoms with Gasteiger partial charge in [0.2, 0.25) is 0 Å². The number of aliphatic imine (C=N–C) groups is 4. The molecule has 0 fully saturated rings. The van der Waals surface area contributed by atoms with Crippen LogP contribution >= 0.6 is 32.0 Å². The van der Waals surface area contributed by atoms with E-state index >= 15 is 0 Å². The van der Waals surface area contributed by atoms with Crippen LogP contribution in [0.4, 0.5) is 22.7 Å². The van der Waals surface area contributed by atoms with Crippen LogP contribution in [0.15, 0.2) is 244 Å². The Morgan fingerprint density at radius 3 is 0.791 bits per heavy atom. The molecule has 10 rings (SSSR count). The molecule has 10 aromatic rings. The molecular weight excluding hydrogens is 1640 g/mol. The van der Waals surface area contributed by atoms with Gasteiger partial charge in [-0.3, -0.25) is 9.98 Å². The minimum atomic E-state index is -1.01. The fourth-order valence-corrected chi connectivity index (χ4v) is 22.4. The summed E-state index contributed by atoms with van der Waals surface area (Å²) in [5.41, 5.74) is 23.0. The zero-order chi connectivity index (χ0) is 74.7. The Morgan fingerprint density at radius 1 is 0.304 bits per heavy atom. The van der Waals surface area contributed by atoms with Gasteiger partial charge in [-0.05, 0) is 249 Å². The Morgan fingerprint density at radius 2 is 0.539 bits per heavy atom. The van der Waals surface area contributed by atoms with Gasteiger partial charge in [0.05, 0.1) is 113 Å². The molecule has 0 spiro atoms. The van der Waals surface area contributed by atoms with Gasteiger partial charge >= 0.3 is 69.4 Å². The third-order valence-corrected chi connectivity index (χ3v) is 29.4. The van der Waals surface area contributed by atoms with Gasteiger partial charge in [0.1, 0.15) is 23.8 Å². The molecule has 0 saturated heterocycles. The molecule has 0 aliphatic heterocycles. The summed E-state index contributed by atoms with van der Waals surface area (Å²) in [6.45, 7) is 42.0. The van der Waals surface area contributed by atoms with E-state index < -0.39 is 32.0 Å². The largest absolute Gasteiger partial charge is 2.00 e. The number of para-hydroxylation sites is 1. The monoisotopic (exact) mass is 1780 g/mol. The van der Waals surface area contributed by atoms with E-state index in [-0.39, 0.29) is 129 Å². The van der Waals surface area contributed by atoms with Crippen molar-refractivity contribution in [3.05, 3.63) is 356 Å². The SMILES string of the molecule is COc1ccc([PH+](CC=Nc2c(C)cc(C)cc2C)c2ccc(OC)cc2)cc1.Cc1cc(C)c(N=C(N[PH+](C(C)C)C(C)C)c2ccccc2)c(C)c1.Cc1cc(C)c(N=CC[PH+](c2ccccc2)c2ccccc2)c(C)c1.Cc1cccc(C)c1N=C(N[PH+](C(C)C)C(C)C)c1ccccc1.[CH3-].[CH3-].[CH3-].[CH3-].[CH3-].[CH3-].[CH3-].[CH3-].[Cr+2].[Cr+2].[Cr+2].[Cr+2]. The van der Waals surface area contributed by atoms with Crippen LogP contribution in [0.3, 0.4) is 0 Å². The van der Waals surface area contributed by atoms with Crippen molar-refractivity contribution < 1.29 is 78.9 Å². The van der Waals surface area contributed by atoms with Gasteiger partial charge in [0.15, 0.2) is 11.7 Å². The number of rotatable bonds is 22. The molecular formula is C99H140Cr4N6O2P4+4. The second kappa shape index (κ2) is 61.3. The predicted octanol–water partition coefficient (Wildman–Crippen LogP) is 26.1. The van der Waals surface area contributed by atoms with E-state index in [0.29, 0.717) is 22.6 Å². The molecule has 0 aliphatic rings. The van der Waals surface area contributed by atoms with Crippen LogP contribution in [0.5, 0.6) is 11.5 Å². The van der Waals surface area contributed by atoms with Gasteiger partial charge in [0, 0.05) is 23.6 Å². The van der Waals surface area contributed by atoms with Crippen LogP contribution in [-0.2, 0) is 69.4 Å². The standard InChI is InChI=1S/C25H28NO2P.C23H24NP.C22H31N2P.C21H29N2P.8CH3.4Cr/c1-18-16-19(2)25(20(3)17-18)26-14-15-29(23-10-6-21(27-4)7-11-23)24-12-8-22(28-5)9-13-24;1-18-16-19(2)23(20(3)17-18)24-14-15-25(21-10-6-4-7-11-21)22-12-8-5-9-13-22;1-15(2)25(16(3)4)24-22(20-11-9-8-10-12-20)23-21-18(6)13-17(5)14-19(21)7;1-15(2)24(16(3)4)23-21(19-13-8-7-9-14-19)22-20-17(5)11-10-12-18(20)6;;;;;;;;;;;;/h6-14,16-17H,15H2,1-5H3;4-14,16-17H,15H2,1-3H3;8-16H,1-7H3,(H,23,24);7-16H,1-6H3,(H,22,23);8*1H3;;;;/q;;;;8*-1;4*+2/p+4. The average molecular weight is 1780 g/mol. The molecule has 0 atom stereocenters. The molecule has 618 valence electrons. The zero-order valence-corrected chi connectivity index (χ0v) is 84.1. The number of benzene rings is 10. The molecule has 0 bridgehead atoms. The van der Waals surface area contributed by atoms with Gasteiger partial charge in [0.25, 0.3) is 0 Å². The number of methoxy groups -OCH3 is 2. The van der Waals surface area contributed by atoms with E-state index in [1.165, 1.54) is 82.4 Å². The molecule has 0 aliphatic carbocycles. The van der Waals surface area contributed by atoms with E-state index in [2.05, 4.69) is 354 Å². The van der Waals surface area contributed by atoms with Gasteiger partial charge in [-0.15, -0.1) is 0 Å². The summed E-state index contributed by atoms with van der Waals surface area (Å²) >= 11 is 0. The number of aryl methyl sites for hydroxylation is 11. The smallest absolute Gasteiger partial charge is 0.497 e. The van der Waals surface area contributed by atoms with Crippen molar-refractivity contribution in [2.45, 2.75) is 154 Å². The first-order chi connectivity index (χ1) is 49.3. The van der Waals surface area contributed by atoms with E-state index in [1.807, 2.05) is 24.3 Å². The maximum Gasteiger partial charge on any atom is 2.00 e. The van der Waals surface area contributed by atoms with Gasteiger partial charge < -0.3 is 68.9 Å². The molecule has 0 saturated carbocycles. The quantitative estimate of drug-likeness (QED) is 0.0306. The first kappa shape index (κ1) is 120. The fraction of sp³-hybridized carbons (Fsp3) is 0.273. The number of nitrogens with one attached hydrogen (secondary N) is 2. The number of hydrogen-bond acceptors (Lipinski definition) is 6. The number of ether oxygens (including phenoxy) is 2. The van der Waals surface area contributed by atoms with Crippen molar-refractivity contribution in [2.75, 3.05) is 26.5 Å². The van der Waals surface area contributed by atoms with Crippen LogP contribution in [0, 0.1) is 136 Å². The first-order valence-corrected chi connectivity index (χ1v) is 43.1. The van der Waals surface area contributed by atoms with E-state index in [1.54, 1.807) is 14.2 Å². The van der Waals surface area contributed by atoms with Crippen LogP contribution in [0.25, 0.3) is 0 Å². The predicted molar refractivity (Wildman–Crippen MR) is 518 cm³/mol. The summed E-state index contributed by atoms with van der Waals surface area (Å²) in [5, 5.41) is 13.2.